The highest BCUT2D eigenvalue weighted by Gasteiger charge is 2.19. The lowest BCUT2D eigenvalue weighted by atomic mass is 10.1. The third-order valence-corrected chi connectivity index (χ3v) is 2.60. The molecule has 0 spiro atoms. The molecule has 0 radical (unpaired) electrons. The molecular formula is C14H18N2O5. The highest BCUT2D eigenvalue weighted by molar-refractivity contribution is 5.96. The molecule has 3 amide bonds. The summed E-state index contributed by atoms with van der Waals surface area (Å²) in [6.45, 7) is 4.80. The van der Waals surface area contributed by atoms with Crippen molar-refractivity contribution in [2.45, 2.75) is 26.9 Å². The Bertz CT molecular complexity index is 556. The summed E-state index contributed by atoms with van der Waals surface area (Å²) < 4.78 is 10.1. The molecule has 0 heterocycles. The number of hydrogen-bond acceptors (Lipinski definition) is 5. The number of aryl methyl sites for hydroxylation is 2. The number of benzene rings is 1. The van der Waals surface area contributed by atoms with Crippen LogP contribution in [0.5, 0.6) is 5.75 Å². The van der Waals surface area contributed by atoms with E-state index in [2.05, 4.69) is 0 Å². The van der Waals surface area contributed by atoms with Gasteiger partial charge < -0.3 is 15.2 Å². The minimum Gasteiger partial charge on any atom is -0.482 e. The van der Waals surface area contributed by atoms with Gasteiger partial charge in [0.05, 0.1) is 0 Å². The summed E-state index contributed by atoms with van der Waals surface area (Å²) in [6.07, 6.45) is -1.13. The van der Waals surface area contributed by atoms with Crippen LogP contribution in [0.4, 0.5) is 4.79 Å². The maximum Gasteiger partial charge on any atom is 0.344 e. The van der Waals surface area contributed by atoms with Gasteiger partial charge in [-0.15, -0.1) is 0 Å². The van der Waals surface area contributed by atoms with Crippen molar-refractivity contribution in [1.29, 1.82) is 0 Å². The zero-order valence-electron chi connectivity index (χ0n) is 12.1. The predicted octanol–water partition coefficient (Wildman–Crippen LogP) is 0.809. The van der Waals surface area contributed by atoms with E-state index in [4.69, 9.17) is 15.2 Å². The Kier molecular flexibility index (Phi) is 5.71. The van der Waals surface area contributed by atoms with Crippen LogP contribution < -0.4 is 15.8 Å². The topological polar surface area (TPSA) is 108 Å². The van der Waals surface area contributed by atoms with E-state index in [1.165, 1.54) is 6.92 Å². The maximum absolute atomic E-state index is 11.6. The summed E-state index contributed by atoms with van der Waals surface area (Å²) in [5.74, 6) is -0.948. The lowest BCUT2D eigenvalue weighted by molar-refractivity contribution is -0.156. The zero-order chi connectivity index (χ0) is 16.0. The zero-order valence-corrected chi connectivity index (χ0v) is 12.1. The Morgan fingerprint density at radius 1 is 1.29 bits per heavy atom. The highest BCUT2D eigenvalue weighted by atomic mass is 16.6. The lowest BCUT2D eigenvalue weighted by Crippen LogP contribution is -2.42. The van der Waals surface area contributed by atoms with Gasteiger partial charge in [-0.05, 0) is 32.4 Å². The molecule has 0 aromatic heterocycles. The Hall–Kier alpha value is -2.57. The number of primary amides is 1. The molecule has 7 nitrogen and oxygen atoms in total. The summed E-state index contributed by atoms with van der Waals surface area (Å²) in [5, 5.41) is 1.82. The molecule has 0 fully saturated rings. The molecule has 114 valence electrons. The fourth-order valence-corrected chi connectivity index (χ4v) is 1.61. The van der Waals surface area contributed by atoms with Crippen molar-refractivity contribution < 1.29 is 23.9 Å². The van der Waals surface area contributed by atoms with Gasteiger partial charge in [-0.1, -0.05) is 17.7 Å². The number of carbonyl (C=O) groups is 3. The maximum atomic E-state index is 11.6. The first-order valence-electron chi connectivity index (χ1n) is 6.29. The average molecular weight is 294 g/mol. The molecule has 0 aliphatic heterocycles. The molecule has 7 heteroatoms. The number of nitrogens with one attached hydrogen (secondary N) is 1. The normalized spacial score (nSPS) is 11.4. The number of carbonyl (C=O) groups excluding carboxylic acids is 3. The molecule has 0 aliphatic carbocycles. The van der Waals surface area contributed by atoms with E-state index in [0.29, 0.717) is 5.75 Å². The largest absolute Gasteiger partial charge is 0.482 e. The predicted molar refractivity (Wildman–Crippen MR) is 74.7 cm³/mol. The number of nitrogens with two attached hydrogens (primary N) is 1. The third-order valence-electron chi connectivity index (χ3n) is 2.60. The number of imide groups is 1. The summed E-state index contributed by atoms with van der Waals surface area (Å²) in [4.78, 5) is 33.4. The van der Waals surface area contributed by atoms with E-state index < -0.39 is 24.0 Å². The number of esters is 1. The molecule has 0 unspecified atom stereocenters. The second-order valence-corrected chi connectivity index (χ2v) is 4.54. The fraction of sp³-hybridized carbons (Fsp3) is 0.357. The van der Waals surface area contributed by atoms with Crippen LogP contribution in [0.25, 0.3) is 0 Å². The average Bonchev–Trinajstić information content (AvgIpc) is 2.36. The van der Waals surface area contributed by atoms with Gasteiger partial charge in [0.25, 0.3) is 5.91 Å². The molecule has 1 rings (SSSR count). The minimum atomic E-state index is -1.13. The van der Waals surface area contributed by atoms with E-state index in [0.717, 1.165) is 11.1 Å². The van der Waals surface area contributed by atoms with E-state index in [1.54, 1.807) is 6.07 Å². The highest BCUT2D eigenvalue weighted by Crippen LogP contribution is 2.18. The summed E-state index contributed by atoms with van der Waals surface area (Å²) in [5.41, 5.74) is 6.76. The van der Waals surface area contributed by atoms with Crippen molar-refractivity contribution in [1.82, 2.24) is 5.32 Å². The number of rotatable bonds is 5. The van der Waals surface area contributed by atoms with Crippen LogP contribution in [0.1, 0.15) is 18.1 Å². The first kappa shape index (κ1) is 16.5. The number of amides is 3. The molecule has 1 atom stereocenters. The molecule has 0 saturated heterocycles. The first-order valence-corrected chi connectivity index (χ1v) is 6.29. The van der Waals surface area contributed by atoms with Crippen LogP contribution >= 0.6 is 0 Å². The smallest absolute Gasteiger partial charge is 0.344 e. The van der Waals surface area contributed by atoms with E-state index in [9.17, 15) is 14.4 Å². The molecule has 3 N–H and O–H groups in total. The van der Waals surface area contributed by atoms with Gasteiger partial charge in [0.2, 0.25) is 0 Å². The van der Waals surface area contributed by atoms with Gasteiger partial charge in [-0.3, -0.25) is 10.1 Å². The van der Waals surface area contributed by atoms with Crippen LogP contribution in [0.2, 0.25) is 0 Å². The molecule has 1 aromatic rings. The third kappa shape index (κ3) is 5.52. The monoisotopic (exact) mass is 294 g/mol. The van der Waals surface area contributed by atoms with Crippen molar-refractivity contribution in [3.8, 4) is 5.75 Å². The van der Waals surface area contributed by atoms with Crippen LogP contribution in [-0.2, 0) is 14.3 Å². The second kappa shape index (κ2) is 7.28. The first-order chi connectivity index (χ1) is 9.79. The van der Waals surface area contributed by atoms with Crippen molar-refractivity contribution in [2.24, 2.45) is 5.73 Å². The molecule has 1 aromatic carbocycles. The van der Waals surface area contributed by atoms with Crippen LogP contribution in [-0.4, -0.2) is 30.6 Å². The Morgan fingerprint density at radius 2 is 1.95 bits per heavy atom. The van der Waals surface area contributed by atoms with Gasteiger partial charge in [0, 0.05) is 0 Å². The molecule has 0 bridgehead atoms. The molecule has 0 saturated carbocycles. The SMILES string of the molecule is Cc1ccc(OCC(=O)O[C@H](C)C(=O)NC(N)=O)c(C)c1. The van der Waals surface area contributed by atoms with Gasteiger partial charge in [0.15, 0.2) is 12.7 Å². The standard InChI is InChI=1S/C14H18N2O5/c1-8-4-5-11(9(2)6-8)20-7-12(17)21-10(3)13(18)16-14(15)19/h4-6,10H,7H2,1-3H3,(H3,15,16,18,19)/t10-/m1/s1. The van der Waals surface area contributed by atoms with Crippen molar-refractivity contribution in [3.63, 3.8) is 0 Å². The fourth-order valence-electron chi connectivity index (χ4n) is 1.61. The molecule has 21 heavy (non-hydrogen) atoms. The van der Waals surface area contributed by atoms with Crippen LogP contribution in [0.15, 0.2) is 18.2 Å². The number of hydrogen-bond donors (Lipinski definition) is 2. The van der Waals surface area contributed by atoms with Crippen molar-refractivity contribution in [2.75, 3.05) is 6.61 Å². The van der Waals surface area contributed by atoms with Gasteiger partial charge in [0.1, 0.15) is 5.75 Å². The quantitative estimate of drug-likeness (QED) is 0.781. The Morgan fingerprint density at radius 3 is 2.52 bits per heavy atom. The number of urea groups is 1. The van der Waals surface area contributed by atoms with Gasteiger partial charge >= 0.3 is 12.0 Å². The summed E-state index contributed by atoms with van der Waals surface area (Å²) >= 11 is 0. The summed E-state index contributed by atoms with van der Waals surface area (Å²) in [6, 6.07) is 4.52. The van der Waals surface area contributed by atoms with Gasteiger partial charge in [-0.25, -0.2) is 9.59 Å². The van der Waals surface area contributed by atoms with E-state index >= 15 is 0 Å². The van der Waals surface area contributed by atoms with Gasteiger partial charge in [-0.2, -0.15) is 0 Å². The molecular weight excluding hydrogens is 276 g/mol. The molecule has 0 aliphatic rings. The van der Waals surface area contributed by atoms with Crippen molar-refractivity contribution in [3.05, 3.63) is 29.3 Å². The van der Waals surface area contributed by atoms with Crippen LogP contribution in [0, 0.1) is 13.8 Å². The minimum absolute atomic E-state index is 0.335. The second-order valence-electron chi connectivity index (χ2n) is 4.54. The van der Waals surface area contributed by atoms with E-state index in [-0.39, 0.29) is 6.61 Å². The Balaban J connectivity index is 2.47. The van der Waals surface area contributed by atoms with E-state index in [1.807, 2.05) is 31.3 Å². The van der Waals surface area contributed by atoms with Crippen molar-refractivity contribution >= 4 is 17.9 Å². The van der Waals surface area contributed by atoms with Crippen LogP contribution in [0.3, 0.4) is 0 Å². The lowest BCUT2D eigenvalue weighted by Gasteiger charge is -2.13. The summed E-state index contributed by atoms with van der Waals surface area (Å²) in [7, 11) is 0. The Labute approximate surface area is 122 Å². The number of ether oxygens (including phenoxy) is 2.